The molecule has 0 aliphatic heterocycles. The fourth-order valence-electron chi connectivity index (χ4n) is 3.12. The molecular weight excluding hydrogens is 444 g/mol. The molecule has 4 rings (SSSR count). The summed E-state index contributed by atoms with van der Waals surface area (Å²) < 4.78 is 13.4. The summed E-state index contributed by atoms with van der Waals surface area (Å²) >= 11 is 4.22. The molecule has 0 aliphatic carbocycles. The summed E-state index contributed by atoms with van der Waals surface area (Å²) in [6, 6.07) is 8.66. The quantitative estimate of drug-likeness (QED) is 0.399. The molecule has 2 amide bonds. The molecule has 0 bridgehead atoms. The molecule has 4 aromatic rings. The molecule has 0 atom stereocenters. The number of amides is 2. The van der Waals surface area contributed by atoms with Gasteiger partial charge >= 0.3 is 6.03 Å². The summed E-state index contributed by atoms with van der Waals surface area (Å²) in [5, 5.41) is 11.1. The molecule has 0 aliphatic rings. The molecule has 33 heavy (non-hydrogen) atoms. The second-order valence-electron chi connectivity index (χ2n) is 6.91. The van der Waals surface area contributed by atoms with Gasteiger partial charge in [-0.1, -0.05) is 24.1 Å². The third-order valence-corrected chi connectivity index (χ3v) is 5.11. The number of pyridine rings is 1. The summed E-state index contributed by atoms with van der Waals surface area (Å²) in [4.78, 5) is 25.4. The molecule has 0 radical (unpaired) electrons. The van der Waals surface area contributed by atoms with Crippen LogP contribution in [0.3, 0.4) is 0 Å². The van der Waals surface area contributed by atoms with Gasteiger partial charge in [-0.2, -0.15) is 0 Å². The van der Waals surface area contributed by atoms with E-state index in [0.29, 0.717) is 53.0 Å². The minimum Gasteiger partial charge on any atom is -0.493 e. The summed E-state index contributed by atoms with van der Waals surface area (Å²) in [7, 11) is 3.19. The number of urea groups is 1. The number of nitrogens with zero attached hydrogens (tertiary/aromatic N) is 7. The zero-order valence-electron chi connectivity index (χ0n) is 18.3. The van der Waals surface area contributed by atoms with Crippen LogP contribution < -0.4 is 19.1 Å². The van der Waals surface area contributed by atoms with Crippen LogP contribution in [0.25, 0.3) is 22.6 Å². The number of fused-ring (bicyclic) bond motifs is 1. The highest BCUT2D eigenvalue weighted by Gasteiger charge is 2.15. The molecule has 0 saturated carbocycles. The summed E-state index contributed by atoms with van der Waals surface area (Å²) in [5.41, 5.74) is 2.97. The third kappa shape index (κ3) is 4.80. The zero-order valence-corrected chi connectivity index (χ0v) is 19.2. The first-order valence-corrected chi connectivity index (χ1v) is 10.4. The number of methoxy groups -OCH3 is 2. The number of thiol groups is 1. The van der Waals surface area contributed by atoms with Gasteiger partial charge in [0.25, 0.3) is 0 Å². The minimum absolute atomic E-state index is 0.334. The number of anilines is 1. The van der Waals surface area contributed by atoms with Crippen LogP contribution in [0.1, 0.15) is 12.5 Å². The highest BCUT2D eigenvalue weighted by molar-refractivity contribution is 7.82. The molecule has 0 spiro atoms. The Morgan fingerprint density at radius 1 is 1.12 bits per heavy atom. The molecule has 1 aromatic carbocycles. The van der Waals surface area contributed by atoms with Crippen molar-refractivity contribution in [2.45, 2.75) is 13.5 Å². The van der Waals surface area contributed by atoms with Crippen LogP contribution >= 0.6 is 12.8 Å². The second-order valence-corrected chi connectivity index (χ2v) is 7.31. The predicted octanol–water partition coefficient (Wildman–Crippen LogP) is 2.73. The van der Waals surface area contributed by atoms with Crippen molar-refractivity contribution in [3.63, 3.8) is 0 Å². The van der Waals surface area contributed by atoms with Gasteiger partial charge in [0.05, 0.1) is 33.2 Å². The maximum atomic E-state index is 12.0. The number of ether oxygens (including phenoxy) is 2. The topological polar surface area (TPSA) is 120 Å². The van der Waals surface area contributed by atoms with Crippen LogP contribution in [-0.2, 0) is 6.54 Å². The zero-order chi connectivity index (χ0) is 23.4. The van der Waals surface area contributed by atoms with E-state index < -0.39 is 0 Å². The lowest BCUT2D eigenvalue weighted by Crippen LogP contribution is -2.34. The monoisotopic (exact) mass is 466 g/mol. The Balaban J connectivity index is 1.57. The number of carbonyl (C=O) groups excluding carboxylic acids is 1. The van der Waals surface area contributed by atoms with Crippen molar-refractivity contribution in [2.75, 3.05) is 25.1 Å². The summed E-state index contributed by atoms with van der Waals surface area (Å²) in [6.45, 7) is 2.79. The van der Waals surface area contributed by atoms with Crippen molar-refractivity contribution in [3.8, 4) is 22.9 Å². The van der Waals surface area contributed by atoms with Crippen LogP contribution in [0.2, 0.25) is 0 Å². The standard InChI is InChI=1S/C21H22N8O3S/c1-4-22-21(30)29(33)19-8-6-14-20(25-19)24-15(10-23-14)16-12-28(27-26-16)11-13-5-7-17(31-2)18(9-13)32-3/h5-10,12,33H,4,11H2,1-3H3,(H,22,30). The average molecular weight is 467 g/mol. The van der Waals surface area contributed by atoms with Crippen LogP contribution in [0.5, 0.6) is 11.5 Å². The highest BCUT2D eigenvalue weighted by atomic mass is 32.1. The van der Waals surface area contributed by atoms with E-state index in [4.69, 9.17) is 9.47 Å². The van der Waals surface area contributed by atoms with Crippen LogP contribution in [0, 0.1) is 0 Å². The van der Waals surface area contributed by atoms with Gasteiger partial charge in [-0.3, -0.25) is 4.98 Å². The van der Waals surface area contributed by atoms with Crippen LogP contribution in [0.15, 0.2) is 42.7 Å². The van der Waals surface area contributed by atoms with E-state index in [1.54, 1.807) is 43.4 Å². The van der Waals surface area contributed by atoms with Crippen LogP contribution in [0.4, 0.5) is 10.6 Å². The predicted molar refractivity (Wildman–Crippen MR) is 126 cm³/mol. The van der Waals surface area contributed by atoms with Gasteiger partial charge < -0.3 is 14.8 Å². The molecular formula is C21H22N8O3S. The number of nitrogens with one attached hydrogen (secondary N) is 1. The Hall–Kier alpha value is -3.93. The lowest BCUT2D eigenvalue weighted by molar-refractivity contribution is 0.250. The first-order valence-electron chi connectivity index (χ1n) is 10.0. The minimum atomic E-state index is -0.380. The van der Waals surface area contributed by atoms with Crippen molar-refractivity contribution in [1.82, 2.24) is 35.3 Å². The van der Waals surface area contributed by atoms with Gasteiger partial charge in [0.1, 0.15) is 22.7 Å². The fourth-order valence-corrected chi connectivity index (χ4v) is 3.30. The molecule has 0 unspecified atom stereocenters. The lowest BCUT2D eigenvalue weighted by Gasteiger charge is -2.14. The Morgan fingerprint density at radius 2 is 1.94 bits per heavy atom. The average Bonchev–Trinajstić information content (AvgIpc) is 3.31. The number of hydrogen-bond donors (Lipinski definition) is 2. The molecule has 170 valence electrons. The summed E-state index contributed by atoms with van der Waals surface area (Å²) in [6.07, 6.45) is 3.38. The highest BCUT2D eigenvalue weighted by Crippen LogP contribution is 2.28. The van der Waals surface area contributed by atoms with Gasteiger partial charge in [0, 0.05) is 6.54 Å². The van der Waals surface area contributed by atoms with E-state index >= 15 is 0 Å². The van der Waals surface area contributed by atoms with Crippen molar-refractivity contribution >= 4 is 35.8 Å². The number of carbonyl (C=O) groups is 1. The van der Waals surface area contributed by atoms with Gasteiger partial charge in [-0.25, -0.2) is 23.7 Å². The third-order valence-electron chi connectivity index (χ3n) is 4.72. The molecule has 3 heterocycles. The maximum absolute atomic E-state index is 12.0. The SMILES string of the molecule is CCNC(=O)N(S)c1ccc2ncc(-c3cn(Cc4ccc(OC)c(OC)c4)nn3)nc2n1. The molecule has 1 N–H and O–H groups in total. The van der Waals surface area contributed by atoms with Crippen molar-refractivity contribution in [1.29, 1.82) is 0 Å². The van der Waals surface area contributed by atoms with Gasteiger partial charge in [0.15, 0.2) is 17.1 Å². The Kier molecular flexibility index (Phi) is 6.54. The molecule has 0 saturated heterocycles. The number of benzene rings is 1. The smallest absolute Gasteiger partial charge is 0.333 e. The molecule has 0 fully saturated rings. The van der Waals surface area contributed by atoms with Gasteiger partial charge in [-0.05, 0) is 36.8 Å². The molecule has 12 heteroatoms. The van der Waals surface area contributed by atoms with E-state index in [2.05, 4.69) is 43.4 Å². The second kappa shape index (κ2) is 9.69. The maximum Gasteiger partial charge on any atom is 0.333 e. The van der Waals surface area contributed by atoms with E-state index in [1.807, 2.05) is 25.1 Å². The number of aromatic nitrogens is 6. The van der Waals surface area contributed by atoms with E-state index in [0.717, 1.165) is 9.87 Å². The summed E-state index contributed by atoms with van der Waals surface area (Å²) in [5.74, 6) is 1.63. The number of hydrogen-bond acceptors (Lipinski definition) is 9. The normalized spacial score (nSPS) is 10.8. The Bertz CT molecular complexity index is 1300. The molecule has 3 aromatic heterocycles. The van der Waals surface area contributed by atoms with Crippen molar-refractivity contribution < 1.29 is 14.3 Å². The van der Waals surface area contributed by atoms with Crippen molar-refractivity contribution in [2.24, 2.45) is 0 Å². The van der Waals surface area contributed by atoms with Crippen molar-refractivity contribution in [3.05, 3.63) is 48.3 Å². The van der Waals surface area contributed by atoms with Gasteiger partial charge in [0.2, 0.25) is 0 Å². The van der Waals surface area contributed by atoms with E-state index in [-0.39, 0.29) is 6.03 Å². The lowest BCUT2D eigenvalue weighted by atomic mass is 10.2. The largest absolute Gasteiger partial charge is 0.493 e. The van der Waals surface area contributed by atoms with E-state index in [9.17, 15) is 4.79 Å². The Morgan fingerprint density at radius 3 is 2.70 bits per heavy atom. The van der Waals surface area contributed by atoms with Gasteiger partial charge in [-0.15, -0.1) is 5.10 Å². The Labute approximate surface area is 195 Å². The fraction of sp³-hybridized carbons (Fsp3) is 0.238. The molecule has 11 nitrogen and oxygen atoms in total. The first kappa shape index (κ1) is 22.3. The number of rotatable bonds is 7. The van der Waals surface area contributed by atoms with E-state index in [1.165, 1.54) is 0 Å². The van der Waals surface area contributed by atoms with Crippen LogP contribution in [-0.4, -0.2) is 56.7 Å². The first-order chi connectivity index (χ1) is 16.0.